The van der Waals surface area contributed by atoms with Gasteiger partial charge in [0.25, 0.3) is 0 Å². The summed E-state index contributed by atoms with van der Waals surface area (Å²) in [5.74, 6) is 0. The number of hydrogen-bond acceptors (Lipinski definition) is 2. The zero-order chi connectivity index (χ0) is 5.98. The van der Waals surface area contributed by atoms with Gasteiger partial charge in [0.2, 0.25) is 0 Å². The molecule has 11 heavy (non-hydrogen) atoms. The molecule has 1 saturated carbocycles. The Labute approximate surface area is 81.6 Å². The maximum absolute atomic E-state index is 7.29. The van der Waals surface area contributed by atoms with Gasteiger partial charge in [-0.1, -0.05) is 25.7 Å². The molecule has 0 spiro atoms. The molecule has 0 aromatic carbocycles. The Morgan fingerprint density at radius 2 is 1.09 bits per heavy atom. The molecule has 0 heterocycles. The molecule has 4 N–H and O–H groups in total. The van der Waals surface area contributed by atoms with Crippen molar-refractivity contribution >= 4 is 0 Å². The van der Waals surface area contributed by atoms with Crippen LogP contribution < -0.4 is 0 Å². The van der Waals surface area contributed by atoms with E-state index in [-0.39, 0.29) is 44.1 Å². The molecule has 1 aliphatic carbocycles. The summed E-state index contributed by atoms with van der Waals surface area (Å²) >= 11 is 0. The van der Waals surface area contributed by atoms with Gasteiger partial charge in [0.15, 0.2) is 0 Å². The Morgan fingerprint density at radius 3 is 1.27 bits per heavy atom. The standard InChI is InChI=1S/C6H12N2.2H2O.Pt/c7-5-3-1-2-4-6(5)8;;;/h5-8H,1-4H2;2*1H2;/q-2;;;/p-2/t5-,6-;;;/m1.../s1. The van der Waals surface area contributed by atoms with Crippen LogP contribution in [0, 0.1) is 0 Å². The van der Waals surface area contributed by atoms with E-state index in [1.165, 1.54) is 12.8 Å². The van der Waals surface area contributed by atoms with Crippen molar-refractivity contribution in [3.63, 3.8) is 0 Å². The van der Waals surface area contributed by atoms with Crippen molar-refractivity contribution in [2.75, 3.05) is 0 Å². The first-order chi connectivity index (χ1) is 3.80. The monoisotopic (exact) mass is 341 g/mol. The van der Waals surface area contributed by atoms with Crippen LogP contribution in [0.3, 0.4) is 0 Å². The fourth-order valence-electron chi connectivity index (χ4n) is 1.13. The summed E-state index contributed by atoms with van der Waals surface area (Å²) in [5.41, 5.74) is 14.6. The quantitative estimate of drug-likeness (QED) is 0.672. The Kier molecular flexibility index (Phi) is 13.8. The molecule has 0 aliphatic heterocycles. The van der Waals surface area contributed by atoms with Gasteiger partial charge in [0.05, 0.1) is 0 Å². The Balaban J connectivity index is -0.000000213. The summed E-state index contributed by atoms with van der Waals surface area (Å²) in [7, 11) is 0. The Hall–Kier alpha value is 0.528. The minimum absolute atomic E-state index is 0. The molecule has 0 unspecified atom stereocenters. The zero-order valence-corrected chi connectivity index (χ0v) is 8.47. The van der Waals surface area contributed by atoms with Crippen molar-refractivity contribution in [1.82, 2.24) is 0 Å². The van der Waals surface area contributed by atoms with E-state index in [1.807, 2.05) is 0 Å². The molecule has 0 aromatic heterocycles. The molecule has 0 aromatic rings. The number of nitrogens with one attached hydrogen (secondary N) is 2. The van der Waals surface area contributed by atoms with Gasteiger partial charge < -0.3 is 22.4 Å². The second-order valence-electron chi connectivity index (χ2n) is 2.50. The van der Waals surface area contributed by atoms with E-state index in [4.69, 9.17) is 11.5 Å². The van der Waals surface area contributed by atoms with Crippen molar-refractivity contribution < 1.29 is 32.0 Å². The van der Waals surface area contributed by atoms with Crippen LogP contribution in [-0.2, 0) is 21.1 Å². The van der Waals surface area contributed by atoms with Crippen LogP contribution in [0.25, 0.3) is 11.5 Å². The van der Waals surface area contributed by atoms with Crippen molar-refractivity contribution in [2.45, 2.75) is 37.8 Å². The van der Waals surface area contributed by atoms with E-state index in [9.17, 15) is 0 Å². The van der Waals surface area contributed by atoms with Crippen LogP contribution in [0.15, 0.2) is 0 Å². The predicted molar refractivity (Wildman–Crippen MR) is 38.6 cm³/mol. The number of hydrogen-bond donors (Lipinski definition) is 0. The molecule has 1 rings (SSSR count). The molecule has 1 aliphatic rings. The first-order valence-electron chi connectivity index (χ1n) is 3.23. The molecule has 0 saturated heterocycles. The third kappa shape index (κ3) is 5.76. The average Bonchev–Trinajstić information content (AvgIpc) is 1.77. The van der Waals surface area contributed by atoms with Crippen molar-refractivity contribution in [2.24, 2.45) is 0 Å². The fourth-order valence-corrected chi connectivity index (χ4v) is 1.13. The van der Waals surface area contributed by atoms with Crippen molar-refractivity contribution in [3.8, 4) is 0 Å². The molecule has 4 nitrogen and oxygen atoms in total. The summed E-state index contributed by atoms with van der Waals surface area (Å²) in [6, 6.07) is -0.160. The van der Waals surface area contributed by atoms with E-state index in [1.54, 1.807) is 0 Å². The fraction of sp³-hybridized carbons (Fsp3) is 1.00. The third-order valence-electron chi connectivity index (χ3n) is 1.77. The van der Waals surface area contributed by atoms with Gasteiger partial charge in [-0.2, -0.15) is 12.1 Å². The van der Waals surface area contributed by atoms with Crippen molar-refractivity contribution in [1.29, 1.82) is 0 Å². The van der Waals surface area contributed by atoms with Crippen LogP contribution in [0.4, 0.5) is 0 Å². The van der Waals surface area contributed by atoms with Crippen LogP contribution >= 0.6 is 0 Å². The van der Waals surface area contributed by atoms with E-state index in [2.05, 4.69) is 0 Å². The van der Waals surface area contributed by atoms with Gasteiger partial charge in [0.1, 0.15) is 0 Å². The molecular weight excluding hydrogens is 327 g/mol. The van der Waals surface area contributed by atoms with E-state index >= 15 is 0 Å². The predicted octanol–water partition coefficient (Wildman–Crippen LogP) is 2.05. The van der Waals surface area contributed by atoms with Gasteiger partial charge in [-0.25, -0.2) is 0 Å². The minimum Gasteiger partial charge on any atom is -0.870 e. The summed E-state index contributed by atoms with van der Waals surface area (Å²) in [4.78, 5) is 0. The van der Waals surface area contributed by atoms with Gasteiger partial charge in [-0.05, 0) is 0 Å². The summed E-state index contributed by atoms with van der Waals surface area (Å²) < 4.78 is 0. The van der Waals surface area contributed by atoms with Gasteiger partial charge in [-0.3, -0.25) is 0 Å². The Bertz CT molecular complexity index is 75.0. The largest absolute Gasteiger partial charge is 0.870 e. The second kappa shape index (κ2) is 8.62. The molecule has 2 atom stereocenters. The zero-order valence-electron chi connectivity index (χ0n) is 6.19. The van der Waals surface area contributed by atoms with E-state index < -0.39 is 0 Å². The molecule has 5 heteroatoms. The van der Waals surface area contributed by atoms with Gasteiger partial charge in [0, 0.05) is 21.1 Å². The first-order valence-corrected chi connectivity index (χ1v) is 3.23. The summed E-state index contributed by atoms with van der Waals surface area (Å²) in [6.45, 7) is 0. The van der Waals surface area contributed by atoms with Gasteiger partial charge in [-0.15, -0.1) is 0 Å². The molecule has 74 valence electrons. The normalized spacial score (nSPS) is 28.9. The van der Waals surface area contributed by atoms with Crippen LogP contribution in [0.1, 0.15) is 25.7 Å². The molecule has 1 fully saturated rings. The van der Waals surface area contributed by atoms with E-state index in [0.717, 1.165) is 12.8 Å². The van der Waals surface area contributed by atoms with E-state index in [0.29, 0.717) is 0 Å². The smallest absolute Gasteiger partial charge is 0 e. The summed E-state index contributed by atoms with van der Waals surface area (Å²) in [5, 5.41) is 0. The Morgan fingerprint density at radius 1 is 0.818 bits per heavy atom. The average molecular weight is 341 g/mol. The molecule has 0 amide bonds. The van der Waals surface area contributed by atoms with Gasteiger partial charge >= 0.3 is 0 Å². The third-order valence-corrected chi connectivity index (χ3v) is 1.77. The van der Waals surface area contributed by atoms with Crippen LogP contribution in [0.5, 0.6) is 0 Å². The van der Waals surface area contributed by atoms with Crippen LogP contribution in [-0.4, -0.2) is 23.0 Å². The molecule has 0 radical (unpaired) electrons. The second-order valence-corrected chi connectivity index (χ2v) is 2.50. The first kappa shape index (κ1) is 17.6. The molecular formula is C6H14N2O2Pt-4. The number of rotatable bonds is 0. The maximum Gasteiger partial charge on any atom is 0 e. The topological polar surface area (TPSA) is 108 Å². The maximum atomic E-state index is 7.29. The SMILES string of the molecule is [NH-][C@@H]1CCCC[C@H]1[NH-].[OH-].[OH-].[Pt]. The summed E-state index contributed by atoms with van der Waals surface area (Å²) in [6.07, 6.45) is 4.25. The van der Waals surface area contributed by atoms with Crippen LogP contribution in [0.2, 0.25) is 0 Å². The minimum atomic E-state index is -0.0799. The van der Waals surface area contributed by atoms with Crippen molar-refractivity contribution in [3.05, 3.63) is 11.5 Å². The molecule has 0 bridgehead atoms.